The van der Waals surface area contributed by atoms with Crippen LogP contribution in [-0.2, 0) is 20.6 Å². The maximum absolute atomic E-state index is 13.5. The lowest BCUT2D eigenvalue weighted by molar-refractivity contribution is 0.171. The Hall–Kier alpha value is -2.25. The Kier molecular flexibility index (Phi) is 4.38. The van der Waals surface area contributed by atoms with Crippen molar-refractivity contribution in [2.45, 2.75) is 25.1 Å². The van der Waals surface area contributed by atoms with Gasteiger partial charge in [0.1, 0.15) is 5.82 Å². The van der Waals surface area contributed by atoms with E-state index in [1.165, 1.54) is 29.8 Å². The van der Waals surface area contributed by atoms with Gasteiger partial charge in [0.25, 0.3) is 5.56 Å². The normalized spacial score (nSPS) is 21.3. The second kappa shape index (κ2) is 6.33. The summed E-state index contributed by atoms with van der Waals surface area (Å²) in [6.07, 6.45) is -0.0377. The topological polar surface area (TPSA) is 67.5 Å². The first-order valence-corrected chi connectivity index (χ1v) is 7.80. The van der Waals surface area contributed by atoms with Crippen LogP contribution in [0.25, 0.3) is 0 Å². The molecule has 0 bridgehead atoms. The second-order valence-electron chi connectivity index (χ2n) is 6.26. The number of aliphatic hydroxyl groups is 1. The summed E-state index contributed by atoms with van der Waals surface area (Å²) in [4.78, 5) is 25.9. The van der Waals surface area contributed by atoms with Crippen molar-refractivity contribution in [1.29, 1.82) is 0 Å². The summed E-state index contributed by atoms with van der Waals surface area (Å²) in [5.74, 6) is -0.324. The minimum atomic E-state index is -0.526. The van der Waals surface area contributed by atoms with Crippen LogP contribution >= 0.6 is 0 Å². The molecule has 0 radical (unpaired) electrons. The molecule has 1 fully saturated rings. The van der Waals surface area contributed by atoms with E-state index in [4.69, 9.17) is 0 Å². The third-order valence-electron chi connectivity index (χ3n) is 4.61. The lowest BCUT2D eigenvalue weighted by Crippen LogP contribution is -2.39. The smallest absolute Gasteiger partial charge is 0.330 e. The lowest BCUT2D eigenvalue weighted by Gasteiger charge is -2.25. The maximum Gasteiger partial charge on any atom is 0.330 e. The van der Waals surface area contributed by atoms with Gasteiger partial charge in [-0.25, -0.2) is 9.18 Å². The van der Waals surface area contributed by atoms with Crippen molar-refractivity contribution < 1.29 is 9.50 Å². The zero-order valence-electron chi connectivity index (χ0n) is 13.6. The second-order valence-corrected chi connectivity index (χ2v) is 6.26. The quantitative estimate of drug-likeness (QED) is 0.890. The number of nitrogens with zero attached hydrogens (tertiary/aromatic N) is 3. The molecule has 1 aromatic carbocycles. The first-order valence-electron chi connectivity index (χ1n) is 7.80. The molecule has 128 valence electrons. The zero-order valence-corrected chi connectivity index (χ0v) is 13.6. The summed E-state index contributed by atoms with van der Waals surface area (Å²) >= 11 is 0. The van der Waals surface area contributed by atoms with E-state index >= 15 is 0 Å². The highest BCUT2D eigenvalue weighted by atomic mass is 19.1. The van der Waals surface area contributed by atoms with Crippen LogP contribution in [0, 0.1) is 5.82 Å². The summed E-state index contributed by atoms with van der Waals surface area (Å²) in [5.41, 5.74) is 0.591. The molecule has 2 heterocycles. The average Bonchev–Trinajstić information content (AvgIpc) is 2.91. The van der Waals surface area contributed by atoms with Gasteiger partial charge in [0.15, 0.2) is 0 Å². The van der Waals surface area contributed by atoms with Gasteiger partial charge in [-0.15, -0.1) is 0 Å². The van der Waals surface area contributed by atoms with Gasteiger partial charge in [-0.05, 0) is 24.1 Å². The standard InChI is InChI=1S/C17H20FN3O3/c1-19-13(7-16(23)20(2)17(19)24)9-21-10-14(22)8-15(21)11-4-3-5-12(18)6-11/h3-7,14-15,22H,8-10H2,1-2H3/t14-,15-/m0/s1. The van der Waals surface area contributed by atoms with Crippen molar-refractivity contribution in [2.75, 3.05) is 6.54 Å². The van der Waals surface area contributed by atoms with Crippen molar-refractivity contribution >= 4 is 0 Å². The van der Waals surface area contributed by atoms with Gasteiger partial charge in [-0.1, -0.05) is 12.1 Å². The molecule has 24 heavy (non-hydrogen) atoms. The minimum absolute atomic E-state index is 0.158. The Balaban J connectivity index is 1.94. The average molecular weight is 333 g/mol. The van der Waals surface area contributed by atoms with Crippen LogP contribution in [0.2, 0.25) is 0 Å². The van der Waals surface area contributed by atoms with Crippen molar-refractivity contribution in [3.63, 3.8) is 0 Å². The fourth-order valence-corrected chi connectivity index (χ4v) is 3.25. The SMILES string of the molecule is Cn1c(CN2C[C@@H](O)C[C@H]2c2cccc(F)c2)cc(=O)n(C)c1=O. The van der Waals surface area contributed by atoms with Gasteiger partial charge < -0.3 is 5.11 Å². The van der Waals surface area contributed by atoms with Crippen LogP contribution in [0.1, 0.15) is 23.7 Å². The number of aromatic nitrogens is 2. The van der Waals surface area contributed by atoms with Crippen LogP contribution < -0.4 is 11.2 Å². The number of likely N-dealkylation sites (tertiary alicyclic amines) is 1. The lowest BCUT2D eigenvalue weighted by atomic mass is 10.0. The maximum atomic E-state index is 13.5. The highest BCUT2D eigenvalue weighted by Gasteiger charge is 2.32. The highest BCUT2D eigenvalue weighted by Crippen LogP contribution is 2.33. The molecular formula is C17H20FN3O3. The molecule has 2 aromatic rings. The Bertz CT molecular complexity index is 874. The third kappa shape index (κ3) is 3.05. The van der Waals surface area contributed by atoms with E-state index in [0.717, 1.165) is 10.1 Å². The van der Waals surface area contributed by atoms with Crippen LogP contribution in [0.3, 0.4) is 0 Å². The predicted octanol–water partition coefficient (Wildman–Crippen LogP) is 0.531. The number of β-amino-alcohol motifs (C(OH)–C–C–N with tert-alkyl or cyclic N) is 1. The number of benzene rings is 1. The number of hydrogen-bond acceptors (Lipinski definition) is 4. The Labute approximate surface area is 138 Å². The van der Waals surface area contributed by atoms with Crippen LogP contribution in [0.4, 0.5) is 4.39 Å². The van der Waals surface area contributed by atoms with Crippen molar-refractivity contribution in [3.05, 3.63) is 68.2 Å². The molecular weight excluding hydrogens is 313 g/mol. The zero-order chi connectivity index (χ0) is 17.4. The van der Waals surface area contributed by atoms with Gasteiger partial charge in [-0.2, -0.15) is 0 Å². The molecule has 0 spiro atoms. The molecule has 2 atom stereocenters. The molecule has 0 amide bonds. The van der Waals surface area contributed by atoms with Gasteiger partial charge in [0.05, 0.1) is 6.10 Å². The van der Waals surface area contributed by atoms with Gasteiger partial charge >= 0.3 is 5.69 Å². The number of rotatable bonds is 3. The molecule has 1 saturated heterocycles. The van der Waals surface area contributed by atoms with Crippen LogP contribution in [0.15, 0.2) is 39.9 Å². The molecule has 3 rings (SSSR count). The van der Waals surface area contributed by atoms with E-state index in [1.807, 2.05) is 11.0 Å². The van der Waals surface area contributed by atoms with E-state index in [1.54, 1.807) is 13.1 Å². The van der Waals surface area contributed by atoms with Gasteiger partial charge in [0.2, 0.25) is 0 Å². The molecule has 1 aliphatic heterocycles. The van der Waals surface area contributed by atoms with E-state index in [-0.39, 0.29) is 23.1 Å². The molecule has 1 aliphatic rings. The Morgan fingerprint density at radius 1 is 1.21 bits per heavy atom. The molecule has 6 nitrogen and oxygen atoms in total. The summed E-state index contributed by atoms with van der Waals surface area (Å²) in [6.45, 7) is 0.741. The number of halogens is 1. The molecule has 7 heteroatoms. The predicted molar refractivity (Wildman–Crippen MR) is 87.1 cm³/mol. The van der Waals surface area contributed by atoms with E-state index < -0.39 is 6.10 Å². The van der Waals surface area contributed by atoms with Crippen molar-refractivity contribution in [2.24, 2.45) is 14.1 Å². The molecule has 1 N–H and O–H groups in total. The summed E-state index contributed by atoms with van der Waals surface area (Å²) in [7, 11) is 3.05. The van der Waals surface area contributed by atoms with E-state index in [0.29, 0.717) is 25.2 Å². The largest absolute Gasteiger partial charge is 0.392 e. The first-order chi connectivity index (χ1) is 11.4. The molecule has 1 aromatic heterocycles. The van der Waals surface area contributed by atoms with Gasteiger partial charge in [-0.3, -0.25) is 18.8 Å². The third-order valence-corrected chi connectivity index (χ3v) is 4.61. The van der Waals surface area contributed by atoms with Crippen molar-refractivity contribution in [1.82, 2.24) is 14.0 Å². The fraction of sp³-hybridized carbons (Fsp3) is 0.412. The van der Waals surface area contributed by atoms with Crippen LogP contribution in [-0.4, -0.2) is 31.8 Å². The Morgan fingerprint density at radius 2 is 1.96 bits per heavy atom. The number of aliphatic hydroxyl groups excluding tert-OH is 1. The fourth-order valence-electron chi connectivity index (χ4n) is 3.25. The van der Waals surface area contributed by atoms with Crippen LogP contribution in [0.5, 0.6) is 0 Å². The van der Waals surface area contributed by atoms with Gasteiger partial charge in [0, 0.05) is 45.0 Å². The summed E-state index contributed by atoms with van der Waals surface area (Å²) in [6, 6.07) is 7.57. The van der Waals surface area contributed by atoms with Crippen molar-refractivity contribution in [3.8, 4) is 0 Å². The van der Waals surface area contributed by atoms with E-state index in [2.05, 4.69) is 0 Å². The summed E-state index contributed by atoms with van der Waals surface area (Å²) in [5, 5.41) is 10.0. The molecule has 0 unspecified atom stereocenters. The summed E-state index contributed by atoms with van der Waals surface area (Å²) < 4.78 is 16.0. The molecule has 0 aliphatic carbocycles. The first kappa shape index (κ1) is 16.6. The highest BCUT2D eigenvalue weighted by molar-refractivity contribution is 5.22. The number of hydrogen-bond donors (Lipinski definition) is 1. The Morgan fingerprint density at radius 3 is 2.67 bits per heavy atom. The molecule has 0 saturated carbocycles. The monoisotopic (exact) mass is 333 g/mol. The van der Waals surface area contributed by atoms with E-state index in [9.17, 15) is 19.1 Å². The minimum Gasteiger partial charge on any atom is -0.392 e.